The largest absolute Gasteiger partial charge is 0.371 e. The molecule has 0 aromatic heterocycles. The smallest absolute Gasteiger partial charge is 0.266 e. The van der Waals surface area contributed by atoms with E-state index in [4.69, 9.17) is 0 Å². The number of fused-ring (bicyclic) bond motifs is 2. The Bertz CT molecular complexity index is 2650. The maximum atomic E-state index is 14.7. The average molecular weight is 745 g/mol. The fourth-order valence-corrected chi connectivity index (χ4v) is 9.81. The van der Waals surface area contributed by atoms with E-state index in [1.54, 1.807) is 48.5 Å². The van der Waals surface area contributed by atoms with E-state index >= 15 is 0 Å². The van der Waals surface area contributed by atoms with Crippen molar-refractivity contribution in [1.29, 1.82) is 0 Å². The zero-order valence-electron chi connectivity index (χ0n) is 29.1. The second kappa shape index (κ2) is 11.5. The normalized spacial score (nSPS) is 17.2. The topological polar surface area (TPSA) is 81.2 Å². The third kappa shape index (κ3) is 4.23. The predicted octanol–water partition coefficient (Wildman–Crippen LogP) is 9.12. The van der Waals surface area contributed by atoms with Crippen LogP contribution in [0.1, 0.15) is 67.1 Å². The monoisotopic (exact) mass is 744 g/mol. The molecule has 4 heterocycles. The van der Waals surface area contributed by atoms with E-state index < -0.39 is 0 Å². The number of thiol groups is 2. The number of hydrogen-bond acceptors (Lipinski definition) is 8. The van der Waals surface area contributed by atoms with E-state index in [9.17, 15) is 19.2 Å². The maximum Gasteiger partial charge on any atom is 0.266 e. The molecule has 2 fully saturated rings. The molecule has 0 atom stereocenters. The fraction of sp³-hybridized carbons (Fsp3) is 0.182. The zero-order valence-corrected chi connectivity index (χ0v) is 30.8. The van der Waals surface area contributed by atoms with Crippen molar-refractivity contribution in [1.82, 2.24) is 0 Å². The summed E-state index contributed by atoms with van der Waals surface area (Å²) in [5.41, 5.74) is 4.77. The van der Waals surface area contributed by atoms with E-state index in [1.807, 2.05) is 36.4 Å². The number of amides is 4. The SMILES string of the molecule is O=C1c2ccc3c4c(N5CCCC5)cc5c6c(ccc(c7c(N8CCCC8)cc(c2c37)C(=O)N1c1ccc(S)cc1)c64)C(=O)N(c1ccc(S)cc1)C5=O. The van der Waals surface area contributed by atoms with Crippen LogP contribution in [-0.2, 0) is 0 Å². The first-order valence-corrected chi connectivity index (χ1v) is 19.3. The summed E-state index contributed by atoms with van der Waals surface area (Å²) in [6, 6.07) is 25.9. The van der Waals surface area contributed by atoms with Gasteiger partial charge in [-0.05, 0) is 109 Å². The third-order valence-corrected chi connectivity index (χ3v) is 12.5. The molecule has 0 saturated carbocycles. The van der Waals surface area contributed by atoms with Crippen molar-refractivity contribution in [3.05, 3.63) is 107 Å². The molecule has 0 aliphatic carbocycles. The van der Waals surface area contributed by atoms with Crippen molar-refractivity contribution in [3.63, 3.8) is 0 Å². The molecule has 7 aromatic rings. The number of rotatable bonds is 4. The second-order valence-corrected chi connectivity index (χ2v) is 15.8. The van der Waals surface area contributed by atoms with E-state index in [0.717, 1.165) is 105 Å². The van der Waals surface area contributed by atoms with Crippen LogP contribution in [0.15, 0.2) is 94.7 Å². The van der Waals surface area contributed by atoms with Gasteiger partial charge < -0.3 is 9.80 Å². The van der Waals surface area contributed by atoms with E-state index in [-0.39, 0.29) is 23.6 Å². The van der Waals surface area contributed by atoms with Gasteiger partial charge in [0.2, 0.25) is 0 Å². The Kier molecular flexibility index (Phi) is 6.77. The zero-order chi connectivity index (χ0) is 36.6. The number of nitrogens with zero attached hydrogens (tertiary/aromatic N) is 4. The number of benzene rings is 7. The predicted molar refractivity (Wildman–Crippen MR) is 220 cm³/mol. The summed E-state index contributed by atoms with van der Waals surface area (Å²) in [5, 5.41) is 6.75. The molecule has 0 N–H and O–H groups in total. The van der Waals surface area contributed by atoms with Crippen LogP contribution < -0.4 is 19.6 Å². The molecule has 264 valence electrons. The van der Waals surface area contributed by atoms with Crippen LogP contribution in [0.5, 0.6) is 0 Å². The molecule has 7 aromatic carbocycles. The number of carbonyl (C=O) groups excluding carboxylic acids is 4. The van der Waals surface area contributed by atoms with Gasteiger partial charge in [-0.2, -0.15) is 0 Å². The van der Waals surface area contributed by atoms with Gasteiger partial charge in [-0.1, -0.05) is 12.1 Å². The average Bonchev–Trinajstić information content (AvgIpc) is 3.93. The van der Waals surface area contributed by atoms with E-state index in [2.05, 4.69) is 35.1 Å². The minimum Gasteiger partial charge on any atom is -0.371 e. The van der Waals surface area contributed by atoms with Gasteiger partial charge in [-0.25, -0.2) is 9.80 Å². The number of anilines is 4. The van der Waals surface area contributed by atoms with Gasteiger partial charge >= 0.3 is 0 Å². The lowest BCUT2D eigenvalue weighted by atomic mass is 9.80. The van der Waals surface area contributed by atoms with Crippen molar-refractivity contribution in [3.8, 4) is 0 Å². The first-order chi connectivity index (χ1) is 26.3. The third-order valence-electron chi connectivity index (χ3n) is 11.9. The summed E-state index contributed by atoms with van der Waals surface area (Å²) in [6.45, 7) is 3.32. The number of hydrogen-bond donors (Lipinski definition) is 2. The molecule has 0 radical (unpaired) electrons. The highest BCUT2D eigenvalue weighted by Crippen LogP contribution is 2.53. The standard InChI is InChI=1S/C44H32N4O4S2/c49-41-29-16-14-28-38-34(46-19-3-4-20-46)22-32-36-30(42(50)48(44(32)52)24-7-11-26(54)12-8-24)15-13-27(40(36)38)37-33(45-17-1-2-18-45)21-31(35(29)39(28)37)43(51)47(41)23-5-9-25(53)10-6-23/h5-16,21-22,53-54H,1-4,17-20H2. The molecule has 54 heavy (non-hydrogen) atoms. The van der Waals surface area contributed by atoms with Gasteiger partial charge in [-0.3, -0.25) is 19.2 Å². The lowest BCUT2D eigenvalue weighted by molar-refractivity contribution is 0.0877. The highest BCUT2D eigenvalue weighted by molar-refractivity contribution is 7.80. The van der Waals surface area contributed by atoms with Gasteiger partial charge in [0.1, 0.15) is 0 Å². The highest BCUT2D eigenvalue weighted by Gasteiger charge is 2.40. The van der Waals surface area contributed by atoms with Gasteiger partial charge in [0, 0.05) is 90.8 Å². The molecule has 4 amide bonds. The van der Waals surface area contributed by atoms with Crippen molar-refractivity contribution >= 4 is 115 Å². The van der Waals surface area contributed by atoms with Crippen LogP contribution in [0.3, 0.4) is 0 Å². The molecule has 0 spiro atoms. The van der Waals surface area contributed by atoms with Crippen LogP contribution in [0.2, 0.25) is 0 Å². The summed E-state index contributed by atoms with van der Waals surface area (Å²) in [5.74, 6) is -1.46. The Morgan fingerprint density at radius 3 is 1.11 bits per heavy atom. The summed E-state index contributed by atoms with van der Waals surface area (Å²) in [6.07, 6.45) is 4.09. The highest BCUT2D eigenvalue weighted by atomic mass is 32.1. The van der Waals surface area contributed by atoms with Crippen molar-refractivity contribution in [2.75, 3.05) is 45.8 Å². The van der Waals surface area contributed by atoms with E-state index in [0.29, 0.717) is 44.4 Å². The molecule has 10 heteroatoms. The molecule has 4 aliphatic rings. The molecule has 2 saturated heterocycles. The molecule has 8 nitrogen and oxygen atoms in total. The van der Waals surface area contributed by atoms with Gasteiger partial charge in [0.05, 0.1) is 22.5 Å². The van der Waals surface area contributed by atoms with Crippen LogP contribution in [0.4, 0.5) is 22.7 Å². The molecular formula is C44H32N4O4S2. The van der Waals surface area contributed by atoms with Crippen LogP contribution >= 0.6 is 25.3 Å². The molecule has 0 bridgehead atoms. The number of imide groups is 2. The Morgan fingerprint density at radius 2 is 0.741 bits per heavy atom. The van der Waals surface area contributed by atoms with Gasteiger partial charge in [-0.15, -0.1) is 25.3 Å². The molecule has 11 rings (SSSR count). The van der Waals surface area contributed by atoms with Crippen molar-refractivity contribution in [2.24, 2.45) is 0 Å². The van der Waals surface area contributed by atoms with Crippen molar-refractivity contribution < 1.29 is 19.2 Å². The number of carbonyl (C=O) groups is 4. The first-order valence-electron chi connectivity index (χ1n) is 18.4. The fourth-order valence-electron chi connectivity index (χ4n) is 9.51. The maximum absolute atomic E-state index is 14.7. The van der Waals surface area contributed by atoms with Gasteiger partial charge in [0.15, 0.2) is 0 Å². The lowest BCUT2D eigenvalue weighted by Gasteiger charge is -2.33. The minimum atomic E-state index is -0.371. The van der Waals surface area contributed by atoms with Crippen molar-refractivity contribution in [2.45, 2.75) is 35.5 Å². The summed E-state index contributed by atoms with van der Waals surface area (Å²) < 4.78 is 0. The van der Waals surface area contributed by atoms with Crippen LogP contribution in [0, 0.1) is 0 Å². The Balaban J connectivity index is 1.28. The van der Waals surface area contributed by atoms with Crippen LogP contribution in [-0.4, -0.2) is 49.8 Å². The summed E-state index contributed by atoms with van der Waals surface area (Å²) in [7, 11) is 0. The Labute approximate surface area is 321 Å². The van der Waals surface area contributed by atoms with E-state index in [1.165, 1.54) is 9.80 Å². The van der Waals surface area contributed by atoms with Gasteiger partial charge in [0.25, 0.3) is 23.6 Å². The minimum absolute atomic E-state index is 0.360. The quantitative estimate of drug-likeness (QED) is 0.0811. The second-order valence-electron chi connectivity index (χ2n) is 14.8. The molecular weight excluding hydrogens is 713 g/mol. The first kappa shape index (κ1) is 31.9. The Morgan fingerprint density at radius 1 is 0.389 bits per heavy atom. The Hall–Kier alpha value is -5.58. The summed E-state index contributed by atoms with van der Waals surface area (Å²) >= 11 is 8.85. The molecule has 0 unspecified atom stereocenters. The molecule has 4 aliphatic heterocycles. The lowest BCUT2D eigenvalue weighted by Crippen LogP contribution is -2.41. The van der Waals surface area contributed by atoms with Crippen LogP contribution in [0.25, 0.3) is 43.1 Å². The summed E-state index contributed by atoms with van der Waals surface area (Å²) in [4.78, 5) is 66.9.